The van der Waals surface area contributed by atoms with Crippen LogP contribution in [-0.2, 0) is 9.59 Å². The first-order valence-corrected chi connectivity index (χ1v) is 12.9. The topological polar surface area (TPSA) is 58.2 Å². The number of hydrogen-bond donors (Lipinski definition) is 2. The van der Waals surface area contributed by atoms with E-state index in [1.165, 1.54) is 57.8 Å². The summed E-state index contributed by atoms with van der Waals surface area (Å²) in [7, 11) is 0. The van der Waals surface area contributed by atoms with Crippen molar-refractivity contribution in [2.45, 2.75) is 102 Å². The zero-order valence-electron chi connectivity index (χ0n) is 18.9. The number of amides is 2. The van der Waals surface area contributed by atoms with Crippen molar-refractivity contribution < 1.29 is 9.59 Å². The molecule has 0 aromatic heterocycles. The van der Waals surface area contributed by atoms with Gasteiger partial charge in [0.1, 0.15) is 6.04 Å². The van der Waals surface area contributed by atoms with Gasteiger partial charge in [0.15, 0.2) is 0 Å². The van der Waals surface area contributed by atoms with Crippen LogP contribution in [0.15, 0.2) is 0 Å². The van der Waals surface area contributed by atoms with E-state index in [0.717, 1.165) is 54.8 Å². The minimum Gasteiger partial charge on any atom is -0.349 e. The van der Waals surface area contributed by atoms with Crippen LogP contribution >= 0.6 is 0 Å². The van der Waals surface area contributed by atoms with E-state index in [0.29, 0.717) is 0 Å². The van der Waals surface area contributed by atoms with Crippen molar-refractivity contribution in [3.8, 4) is 0 Å². The van der Waals surface area contributed by atoms with E-state index in [1.807, 2.05) is 0 Å². The summed E-state index contributed by atoms with van der Waals surface area (Å²) in [5.74, 6) is 5.10. The summed E-state index contributed by atoms with van der Waals surface area (Å²) < 4.78 is 0. The van der Waals surface area contributed by atoms with E-state index in [2.05, 4.69) is 24.5 Å². The molecule has 2 amide bonds. The zero-order valence-corrected chi connectivity index (χ0v) is 18.9. The lowest BCUT2D eigenvalue weighted by molar-refractivity contribution is -0.149. The number of carbonyl (C=O) groups excluding carboxylic acids is 2. The van der Waals surface area contributed by atoms with Crippen molar-refractivity contribution in [1.29, 1.82) is 0 Å². The molecule has 0 aromatic rings. The molecule has 0 spiro atoms. The molecule has 8 aliphatic rings. The minimum absolute atomic E-state index is 0.0182. The van der Waals surface area contributed by atoms with Crippen molar-refractivity contribution in [2.75, 3.05) is 0 Å². The number of nitrogens with one attached hydrogen (secondary N) is 2. The Morgan fingerprint density at radius 3 is 1.50 bits per heavy atom. The van der Waals surface area contributed by atoms with Gasteiger partial charge in [-0.2, -0.15) is 0 Å². The highest BCUT2D eigenvalue weighted by molar-refractivity contribution is 5.91. The fourth-order valence-electron chi connectivity index (χ4n) is 9.82. The summed E-state index contributed by atoms with van der Waals surface area (Å²) in [4.78, 5) is 27.1. The molecule has 1 unspecified atom stereocenters. The van der Waals surface area contributed by atoms with Gasteiger partial charge in [-0.1, -0.05) is 13.8 Å². The molecule has 8 rings (SSSR count). The number of rotatable bonds is 5. The molecule has 166 valence electrons. The van der Waals surface area contributed by atoms with E-state index in [1.54, 1.807) is 0 Å². The fraction of sp³-hybridized carbons (Fsp3) is 0.923. The molecule has 8 saturated carbocycles. The van der Waals surface area contributed by atoms with Crippen LogP contribution in [0.5, 0.6) is 0 Å². The maximum atomic E-state index is 13.6. The number of carbonyl (C=O) groups is 2. The molecule has 0 saturated heterocycles. The van der Waals surface area contributed by atoms with Crippen molar-refractivity contribution in [3.05, 3.63) is 0 Å². The van der Waals surface area contributed by atoms with Crippen molar-refractivity contribution in [2.24, 2.45) is 46.8 Å². The molecule has 30 heavy (non-hydrogen) atoms. The molecule has 0 aliphatic heterocycles. The first kappa shape index (κ1) is 19.6. The van der Waals surface area contributed by atoms with Gasteiger partial charge in [-0.05, 0) is 118 Å². The second kappa shape index (κ2) is 6.72. The normalized spacial score (nSPS) is 48.8. The van der Waals surface area contributed by atoms with Gasteiger partial charge >= 0.3 is 0 Å². The third-order valence-corrected chi connectivity index (χ3v) is 10.2. The predicted molar refractivity (Wildman–Crippen MR) is 116 cm³/mol. The Morgan fingerprint density at radius 2 is 1.10 bits per heavy atom. The predicted octanol–water partition coefficient (Wildman–Crippen LogP) is 4.43. The average Bonchev–Trinajstić information content (AvgIpc) is 2.62. The van der Waals surface area contributed by atoms with Gasteiger partial charge in [0, 0.05) is 11.0 Å². The van der Waals surface area contributed by atoms with Crippen molar-refractivity contribution in [3.63, 3.8) is 0 Å². The summed E-state index contributed by atoms with van der Waals surface area (Å²) >= 11 is 0. The molecule has 2 N–H and O–H groups in total. The van der Waals surface area contributed by atoms with Crippen LogP contribution in [0.4, 0.5) is 0 Å². The van der Waals surface area contributed by atoms with Crippen LogP contribution in [0.25, 0.3) is 0 Å². The van der Waals surface area contributed by atoms with E-state index < -0.39 is 6.04 Å². The van der Waals surface area contributed by atoms with E-state index in [4.69, 9.17) is 0 Å². The van der Waals surface area contributed by atoms with Gasteiger partial charge in [-0.15, -0.1) is 0 Å². The van der Waals surface area contributed by atoms with E-state index >= 15 is 0 Å². The van der Waals surface area contributed by atoms with Crippen LogP contribution in [0, 0.1) is 46.8 Å². The van der Waals surface area contributed by atoms with Gasteiger partial charge < -0.3 is 10.6 Å². The Bertz CT molecular complexity index is 671. The average molecular weight is 413 g/mol. The molecule has 0 aromatic carbocycles. The second-order valence-electron chi connectivity index (χ2n) is 13.1. The largest absolute Gasteiger partial charge is 0.349 e. The lowest BCUT2D eigenvalue weighted by Gasteiger charge is -2.57. The van der Waals surface area contributed by atoms with Gasteiger partial charge in [-0.3, -0.25) is 9.59 Å². The van der Waals surface area contributed by atoms with Crippen molar-refractivity contribution in [1.82, 2.24) is 10.6 Å². The SMILES string of the molecule is CC(C)C(NC(=O)C12CC3CC(CC(C3)C1)C2)C(=O)NC12CC3CC(CC(C3)C1)C2. The highest BCUT2D eigenvalue weighted by Gasteiger charge is 2.56. The maximum Gasteiger partial charge on any atom is 0.243 e. The summed E-state index contributed by atoms with van der Waals surface area (Å²) in [6, 6.07) is -0.390. The molecule has 0 heterocycles. The Morgan fingerprint density at radius 1 is 0.700 bits per heavy atom. The molecule has 8 aliphatic carbocycles. The summed E-state index contributed by atoms with van der Waals surface area (Å²) in [6.07, 6.45) is 14.8. The number of hydrogen-bond acceptors (Lipinski definition) is 2. The molecule has 8 bridgehead atoms. The molecule has 4 nitrogen and oxygen atoms in total. The van der Waals surface area contributed by atoms with Gasteiger partial charge in [0.2, 0.25) is 11.8 Å². The third kappa shape index (κ3) is 3.14. The molecule has 0 radical (unpaired) electrons. The highest BCUT2D eigenvalue weighted by Crippen LogP contribution is 2.60. The fourth-order valence-corrected chi connectivity index (χ4v) is 9.82. The third-order valence-electron chi connectivity index (χ3n) is 10.2. The van der Waals surface area contributed by atoms with Crippen LogP contribution in [-0.4, -0.2) is 23.4 Å². The van der Waals surface area contributed by atoms with Gasteiger partial charge in [-0.25, -0.2) is 0 Å². The first-order valence-electron chi connectivity index (χ1n) is 12.9. The van der Waals surface area contributed by atoms with Crippen molar-refractivity contribution >= 4 is 11.8 Å². The minimum atomic E-state index is -0.390. The first-order chi connectivity index (χ1) is 14.3. The zero-order chi connectivity index (χ0) is 20.7. The summed E-state index contributed by atoms with van der Waals surface area (Å²) in [5, 5.41) is 6.84. The van der Waals surface area contributed by atoms with Crippen LogP contribution in [0.2, 0.25) is 0 Å². The summed E-state index contributed by atoms with van der Waals surface area (Å²) in [5.41, 5.74) is -0.159. The highest BCUT2D eigenvalue weighted by atomic mass is 16.2. The second-order valence-corrected chi connectivity index (χ2v) is 13.1. The molecular weight excluding hydrogens is 372 g/mol. The van der Waals surface area contributed by atoms with Gasteiger partial charge in [0.05, 0.1) is 0 Å². The lowest BCUT2D eigenvalue weighted by Crippen LogP contribution is -2.64. The summed E-state index contributed by atoms with van der Waals surface area (Å²) in [6.45, 7) is 4.17. The Kier molecular flexibility index (Phi) is 4.39. The lowest BCUT2D eigenvalue weighted by atomic mass is 9.49. The van der Waals surface area contributed by atoms with E-state index in [-0.39, 0.29) is 28.7 Å². The Labute approximate surface area is 181 Å². The Hall–Kier alpha value is -1.06. The monoisotopic (exact) mass is 412 g/mol. The van der Waals surface area contributed by atoms with E-state index in [9.17, 15) is 9.59 Å². The Balaban J connectivity index is 1.16. The molecule has 8 fully saturated rings. The quantitative estimate of drug-likeness (QED) is 0.702. The van der Waals surface area contributed by atoms with Crippen LogP contribution in [0.3, 0.4) is 0 Å². The van der Waals surface area contributed by atoms with Gasteiger partial charge in [0.25, 0.3) is 0 Å². The smallest absolute Gasteiger partial charge is 0.243 e. The molecule has 4 heteroatoms. The maximum absolute atomic E-state index is 13.6. The molecular formula is C26H40N2O2. The van der Waals surface area contributed by atoms with Crippen LogP contribution in [0.1, 0.15) is 90.9 Å². The standard InChI is InChI=1S/C26H40N2O2/c1-15(2)22(23(29)28-26-12-19-6-20(13-26)8-21(7-19)14-26)27-24(30)25-9-16-3-17(10-25)5-18(4-16)11-25/h15-22H,3-14H2,1-2H3,(H,27,30)(H,28,29). The molecule has 1 atom stereocenters. The van der Waals surface area contributed by atoms with Crippen LogP contribution < -0.4 is 10.6 Å².